The van der Waals surface area contributed by atoms with Crippen molar-refractivity contribution in [2.45, 2.75) is 0 Å². The number of rotatable bonds is 1. The van der Waals surface area contributed by atoms with Crippen LogP contribution in [0.4, 0.5) is 0 Å². The maximum Gasteiger partial charge on any atom is 0.337 e. The minimum absolute atomic E-state index is 0.150. The van der Waals surface area contributed by atoms with Crippen molar-refractivity contribution < 1.29 is 9.90 Å². The fourth-order valence-corrected chi connectivity index (χ4v) is 1.93. The molecule has 0 bridgehead atoms. The molecule has 0 amide bonds. The van der Waals surface area contributed by atoms with Crippen molar-refractivity contribution in [1.82, 2.24) is 9.38 Å². The Morgan fingerprint density at radius 1 is 1.29 bits per heavy atom. The van der Waals surface area contributed by atoms with Gasteiger partial charge in [-0.25, -0.2) is 4.79 Å². The number of aromatic nitrogens is 2. The van der Waals surface area contributed by atoms with E-state index in [-0.39, 0.29) is 11.1 Å². The molecule has 5 nitrogen and oxygen atoms in total. The molecule has 0 saturated carbocycles. The van der Waals surface area contributed by atoms with Crippen LogP contribution in [-0.4, -0.2) is 20.5 Å². The molecule has 0 aliphatic rings. The van der Waals surface area contributed by atoms with E-state index >= 15 is 0 Å². The fraction of sp³-hybridized carbons (Fsp3) is 0. The summed E-state index contributed by atoms with van der Waals surface area (Å²) in [6.07, 6.45) is 1.50. The number of aromatic amines is 1. The van der Waals surface area contributed by atoms with Crippen LogP contribution in [0.15, 0.2) is 41.3 Å². The van der Waals surface area contributed by atoms with Gasteiger partial charge in [-0.2, -0.15) is 0 Å². The lowest BCUT2D eigenvalue weighted by Crippen LogP contribution is -2.08. The molecule has 2 N–H and O–H groups in total. The van der Waals surface area contributed by atoms with Gasteiger partial charge in [0.15, 0.2) is 0 Å². The van der Waals surface area contributed by atoms with Crippen molar-refractivity contribution in [3.8, 4) is 0 Å². The first-order valence-electron chi connectivity index (χ1n) is 5.03. The Bertz CT molecular complexity index is 798. The number of carbonyl (C=O) groups is 1. The summed E-state index contributed by atoms with van der Waals surface area (Å²) in [4.78, 5) is 25.3. The molecular formula is C12H8N2O3. The van der Waals surface area contributed by atoms with E-state index in [1.807, 2.05) is 6.07 Å². The zero-order valence-electron chi connectivity index (χ0n) is 8.68. The molecule has 0 unspecified atom stereocenters. The van der Waals surface area contributed by atoms with Gasteiger partial charge < -0.3 is 14.5 Å². The predicted molar refractivity (Wildman–Crippen MR) is 62.5 cm³/mol. The maximum absolute atomic E-state index is 11.8. The number of nitrogens with one attached hydrogen (secondary N) is 1. The van der Waals surface area contributed by atoms with Gasteiger partial charge in [0.2, 0.25) is 0 Å². The summed E-state index contributed by atoms with van der Waals surface area (Å²) in [6.45, 7) is 0. The third-order valence-electron chi connectivity index (χ3n) is 2.72. The summed E-state index contributed by atoms with van der Waals surface area (Å²) < 4.78 is 1.67. The van der Waals surface area contributed by atoms with Gasteiger partial charge in [0, 0.05) is 6.20 Å². The number of carboxylic acid groups (broad SMARTS) is 1. The van der Waals surface area contributed by atoms with Gasteiger partial charge in [-0.1, -0.05) is 12.1 Å². The highest BCUT2D eigenvalue weighted by atomic mass is 16.4. The highest BCUT2D eigenvalue weighted by Crippen LogP contribution is 2.14. The van der Waals surface area contributed by atoms with Crippen LogP contribution in [0.3, 0.4) is 0 Å². The maximum atomic E-state index is 11.8. The van der Waals surface area contributed by atoms with E-state index in [9.17, 15) is 9.59 Å². The Morgan fingerprint density at radius 3 is 2.82 bits per heavy atom. The largest absolute Gasteiger partial charge is 0.478 e. The average molecular weight is 228 g/mol. The summed E-state index contributed by atoms with van der Waals surface area (Å²) in [6, 6.07) is 8.50. The van der Waals surface area contributed by atoms with E-state index in [0.717, 1.165) is 0 Å². The van der Waals surface area contributed by atoms with Crippen LogP contribution in [0, 0.1) is 0 Å². The molecule has 2 heterocycles. The molecule has 0 atom stereocenters. The van der Waals surface area contributed by atoms with Gasteiger partial charge in [-0.15, -0.1) is 0 Å². The molecule has 0 fully saturated rings. The van der Waals surface area contributed by atoms with Crippen LogP contribution >= 0.6 is 0 Å². The minimum atomic E-state index is -1.02. The lowest BCUT2D eigenvalue weighted by atomic mass is 10.2. The van der Waals surface area contributed by atoms with Crippen molar-refractivity contribution in [3.63, 3.8) is 0 Å². The quantitative estimate of drug-likeness (QED) is 0.662. The normalized spacial score (nSPS) is 11.1. The van der Waals surface area contributed by atoms with Crippen molar-refractivity contribution in [1.29, 1.82) is 0 Å². The van der Waals surface area contributed by atoms with Crippen LogP contribution in [0.25, 0.3) is 16.6 Å². The molecule has 0 saturated heterocycles. The van der Waals surface area contributed by atoms with Crippen LogP contribution in [0.2, 0.25) is 0 Å². The smallest absolute Gasteiger partial charge is 0.337 e. The van der Waals surface area contributed by atoms with E-state index in [1.165, 1.54) is 12.3 Å². The van der Waals surface area contributed by atoms with Crippen LogP contribution in [0.5, 0.6) is 0 Å². The SMILES string of the molecule is O=C(O)c1cc2[nH]c(=O)c3ccccc3n2c1. The standard InChI is InChI=1S/C12H8N2O3/c15-11-8-3-1-2-4-9(8)14-6-7(12(16)17)5-10(14)13-11/h1-6H,(H,13,15)(H,16,17). The molecule has 3 rings (SSSR count). The zero-order chi connectivity index (χ0) is 12.0. The van der Waals surface area contributed by atoms with E-state index in [1.54, 1.807) is 22.6 Å². The topological polar surface area (TPSA) is 74.6 Å². The molecule has 0 spiro atoms. The van der Waals surface area contributed by atoms with E-state index < -0.39 is 5.97 Å². The molecule has 0 aliphatic carbocycles. The Labute approximate surface area is 94.9 Å². The summed E-state index contributed by atoms with van der Waals surface area (Å²) in [5.41, 5.74) is 1.10. The van der Waals surface area contributed by atoms with Gasteiger partial charge in [-0.05, 0) is 18.2 Å². The molecule has 17 heavy (non-hydrogen) atoms. The van der Waals surface area contributed by atoms with E-state index in [4.69, 9.17) is 5.11 Å². The molecule has 0 radical (unpaired) electrons. The average Bonchev–Trinajstić information content (AvgIpc) is 2.73. The van der Waals surface area contributed by atoms with Gasteiger partial charge in [0.1, 0.15) is 5.65 Å². The van der Waals surface area contributed by atoms with Crippen molar-refractivity contribution >= 4 is 22.5 Å². The first-order valence-corrected chi connectivity index (χ1v) is 5.03. The highest BCUT2D eigenvalue weighted by molar-refractivity contribution is 5.90. The lowest BCUT2D eigenvalue weighted by molar-refractivity contribution is 0.0697. The Hall–Kier alpha value is -2.56. The summed E-state index contributed by atoms with van der Waals surface area (Å²) in [7, 11) is 0. The Balaban J connectivity index is 2.55. The molecule has 84 valence electrons. The molecule has 1 aromatic carbocycles. The van der Waals surface area contributed by atoms with E-state index in [2.05, 4.69) is 4.98 Å². The number of benzene rings is 1. The number of para-hydroxylation sites is 1. The predicted octanol–water partition coefficient (Wildman–Crippen LogP) is 1.48. The molecule has 3 aromatic rings. The first kappa shape index (κ1) is 9.65. The molecule has 2 aromatic heterocycles. The van der Waals surface area contributed by atoms with Crippen molar-refractivity contribution in [3.05, 3.63) is 52.4 Å². The summed E-state index contributed by atoms with van der Waals surface area (Å²) in [5, 5.41) is 9.46. The Morgan fingerprint density at radius 2 is 2.06 bits per heavy atom. The minimum Gasteiger partial charge on any atom is -0.478 e. The Kier molecular flexibility index (Phi) is 1.82. The van der Waals surface area contributed by atoms with Crippen molar-refractivity contribution in [2.75, 3.05) is 0 Å². The second-order valence-corrected chi connectivity index (χ2v) is 3.76. The first-order chi connectivity index (χ1) is 8.16. The number of nitrogens with zero attached hydrogens (tertiary/aromatic N) is 1. The molecular weight excluding hydrogens is 220 g/mol. The number of hydrogen-bond donors (Lipinski definition) is 2. The fourth-order valence-electron chi connectivity index (χ4n) is 1.93. The van der Waals surface area contributed by atoms with Crippen LogP contribution in [-0.2, 0) is 0 Å². The third kappa shape index (κ3) is 1.32. The summed E-state index contributed by atoms with van der Waals surface area (Å²) >= 11 is 0. The number of fused-ring (bicyclic) bond motifs is 3. The second kappa shape index (κ2) is 3.21. The highest BCUT2D eigenvalue weighted by Gasteiger charge is 2.10. The number of hydrogen-bond acceptors (Lipinski definition) is 2. The number of aromatic carboxylic acids is 1. The monoisotopic (exact) mass is 228 g/mol. The molecule has 0 aliphatic heterocycles. The second-order valence-electron chi connectivity index (χ2n) is 3.76. The lowest BCUT2D eigenvalue weighted by Gasteiger charge is -2.00. The van der Waals surface area contributed by atoms with Crippen molar-refractivity contribution in [2.24, 2.45) is 0 Å². The third-order valence-corrected chi connectivity index (χ3v) is 2.72. The number of H-pyrrole nitrogens is 1. The zero-order valence-corrected chi connectivity index (χ0v) is 8.68. The molecule has 5 heteroatoms. The van der Waals surface area contributed by atoms with Gasteiger partial charge in [0.05, 0.1) is 16.5 Å². The van der Waals surface area contributed by atoms with Gasteiger partial charge in [0.25, 0.3) is 5.56 Å². The van der Waals surface area contributed by atoms with Gasteiger partial charge >= 0.3 is 5.97 Å². The van der Waals surface area contributed by atoms with E-state index in [0.29, 0.717) is 16.6 Å². The van der Waals surface area contributed by atoms with Crippen LogP contribution in [0.1, 0.15) is 10.4 Å². The van der Waals surface area contributed by atoms with Crippen LogP contribution < -0.4 is 5.56 Å². The summed E-state index contributed by atoms with van der Waals surface area (Å²) in [5.74, 6) is -1.02. The number of carboxylic acids is 1. The van der Waals surface area contributed by atoms with Gasteiger partial charge in [-0.3, -0.25) is 4.79 Å².